The van der Waals surface area contributed by atoms with E-state index < -0.39 is 18.1 Å². The molecule has 3 saturated carbocycles. The van der Waals surface area contributed by atoms with E-state index in [4.69, 9.17) is 49.5 Å². The summed E-state index contributed by atoms with van der Waals surface area (Å²) in [4.78, 5) is 77.9. The van der Waals surface area contributed by atoms with E-state index in [1.165, 1.54) is 96.3 Å². The van der Waals surface area contributed by atoms with Crippen molar-refractivity contribution < 1.29 is 67.4 Å². The molecule has 26 heteroatoms. The zero-order valence-electron chi connectivity index (χ0n) is 73.5. The van der Waals surface area contributed by atoms with Gasteiger partial charge in [-0.15, -0.1) is 0 Å². The van der Waals surface area contributed by atoms with E-state index >= 15 is 0 Å². The number of ether oxygens (including phenoxy) is 6. The van der Waals surface area contributed by atoms with E-state index in [-0.39, 0.29) is 103 Å². The van der Waals surface area contributed by atoms with E-state index in [1.54, 1.807) is 60.9 Å². The summed E-state index contributed by atoms with van der Waals surface area (Å²) in [5.74, 6) is 5.02. The van der Waals surface area contributed by atoms with Crippen LogP contribution in [0.4, 0.5) is 0 Å². The van der Waals surface area contributed by atoms with Crippen LogP contribution < -0.4 is 60.7 Å². The summed E-state index contributed by atoms with van der Waals surface area (Å²) in [5.41, 5.74) is 10.9. The topological polar surface area (TPSA) is 338 Å². The van der Waals surface area contributed by atoms with Crippen molar-refractivity contribution in [3.05, 3.63) is 89.9 Å². The number of hydrogen-bond donors (Lipinski definition) is 8. The summed E-state index contributed by atoms with van der Waals surface area (Å²) < 4.78 is 39.5. The fourth-order valence-corrected chi connectivity index (χ4v) is 16.2. The number of aliphatic hydroxyl groups excluding tert-OH is 2. The summed E-state index contributed by atoms with van der Waals surface area (Å²) in [6.07, 6.45) is 26.2. The second-order valence-electron chi connectivity index (χ2n) is 33.3. The van der Waals surface area contributed by atoms with Gasteiger partial charge in [-0.3, -0.25) is 42.8 Å². The van der Waals surface area contributed by atoms with Crippen molar-refractivity contribution >= 4 is 35.4 Å². The lowest BCUT2D eigenvalue weighted by atomic mass is 9.85. The van der Waals surface area contributed by atoms with Crippen LogP contribution in [0, 0.1) is 35.5 Å². The van der Waals surface area contributed by atoms with Crippen LogP contribution in [0.3, 0.4) is 0 Å². The summed E-state index contributed by atoms with van der Waals surface area (Å²) >= 11 is 0. The third kappa shape index (κ3) is 29.4. The molecule has 3 heterocycles. The number of nitrogens with zero attached hydrogens (tertiary/aromatic N) is 6. The van der Waals surface area contributed by atoms with E-state index in [2.05, 4.69) is 75.1 Å². The van der Waals surface area contributed by atoms with Gasteiger partial charge in [0, 0.05) is 63.6 Å². The Morgan fingerprint density at radius 3 is 1.06 bits per heavy atom. The van der Waals surface area contributed by atoms with Crippen LogP contribution in [-0.4, -0.2) is 161 Å². The Morgan fingerprint density at radius 2 is 0.754 bits per heavy atom. The van der Waals surface area contributed by atoms with Gasteiger partial charge in [0.1, 0.15) is 34.5 Å². The summed E-state index contributed by atoms with van der Waals surface area (Å²) in [5, 5.41) is 48.8. The quantitative estimate of drug-likeness (QED) is 0.0176. The summed E-state index contributed by atoms with van der Waals surface area (Å²) in [6.45, 7) is 20.3. The molecule has 118 heavy (non-hydrogen) atoms. The zero-order valence-corrected chi connectivity index (χ0v) is 73.5. The van der Waals surface area contributed by atoms with Gasteiger partial charge in [0.15, 0.2) is 17.1 Å². The molecule has 3 fully saturated rings. The van der Waals surface area contributed by atoms with Gasteiger partial charge >= 0.3 is 0 Å². The largest absolute Gasteiger partial charge is 0.496 e. The Hall–Kier alpha value is -9.17. The normalized spacial score (nSPS) is 15.6. The molecule has 0 spiro atoms. The molecule has 9 N–H and O–H groups in total. The average Bonchev–Trinajstić information content (AvgIpc) is 1.64. The van der Waals surface area contributed by atoms with Crippen LogP contribution in [0.5, 0.6) is 34.5 Å². The van der Waals surface area contributed by atoms with E-state index in [1.807, 2.05) is 82.5 Å². The Labute approximate surface area is 702 Å². The minimum absolute atomic E-state index is 0.000891. The maximum Gasteiger partial charge on any atom is 0.272 e. The molecule has 6 amide bonds. The summed E-state index contributed by atoms with van der Waals surface area (Å²) in [6, 6.07) is 21.2. The van der Waals surface area contributed by atoms with Crippen LogP contribution in [0.25, 0.3) is 33.8 Å². The molecule has 654 valence electrons. The second kappa shape index (κ2) is 50.0. The zero-order chi connectivity index (χ0) is 85.8. The smallest absolute Gasteiger partial charge is 0.272 e. The number of aliphatic hydroxyl groups is 2. The molecule has 0 bridgehead atoms. The number of carbonyl (C=O) groups is 6. The fourth-order valence-electron chi connectivity index (χ4n) is 16.2. The molecule has 3 unspecified atom stereocenters. The number of nitrogens with one attached hydrogen (secondary N) is 5. The highest BCUT2D eigenvalue weighted by Gasteiger charge is 2.32. The highest BCUT2D eigenvalue weighted by molar-refractivity contribution is 5.96. The number of primary amides is 1. The van der Waals surface area contributed by atoms with Gasteiger partial charge in [-0.1, -0.05) is 183 Å². The first kappa shape index (κ1) is 96.0. The SMILES string of the molecule is CCC(CC)Cn1nc(C(=O)N[C@@H](CCC2CCCCC2)CC(N)=O)cc1-c1c(OC)cccc1OC.CCC(O)CNC(=O)C[C@H](CCC1CCCCC1)NC(=O)c1cc(-c2c(OC)cccc2OC)n(C(C)C(C)C)n1.CCC(O)CNC(=O)C[C@H](CCC1CCCCC1)NC(=O)c1cc(-c2c(OC)cccc2OC)n(CC(C)C)n1. The number of rotatable bonds is 44. The monoisotopic (exact) mass is 1640 g/mol. The highest BCUT2D eigenvalue weighted by Crippen LogP contribution is 2.43. The maximum atomic E-state index is 13.7. The molecular formula is C92H142N12O14. The number of carbonyl (C=O) groups excluding carboxylic acids is 6. The Morgan fingerprint density at radius 1 is 0.441 bits per heavy atom. The third-order valence-electron chi connectivity index (χ3n) is 23.8. The van der Waals surface area contributed by atoms with Crippen molar-refractivity contribution in [2.75, 3.05) is 55.7 Å². The van der Waals surface area contributed by atoms with Crippen LogP contribution >= 0.6 is 0 Å². The number of aromatic nitrogens is 6. The Balaban J connectivity index is 0.000000245. The molecular weight excluding hydrogens is 1500 g/mol. The predicted octanol–water partition coefficient (Wildman–Crippen LogP) is 15.8. The maximum absolute atomic E-state index is 13.7. The first-order valence-electron chi connectivity index (χ1n) is 43.8. The lowest BCUT2D eigenvalue weighted by molar-refractivity contribution is -0.122. The molecule has 0 aliphatic heterocycles. The standard InChI is InChI=1S/C32H50N4O5.C31H48N4O5.C29H44N4O4/c1-7-25(37)20-33-30(38)18-24(17-16-23-12-9-8-10-13-23)34-32(39)26-19-27(36(35-26)22(4)21(2)3)31-28(40-5)14-11-15-29(31)41-6;1-6-24(36)19-32-29(37)17-23(16-15-22-11-8-7-9-12-22)33-31(38)25-18-26(35(34-25)20-21(2)3)30-27(39-4)13-10-14-28(30)40-5;1-5-20(6-2)19-33-24(28-25(36-3)13-10-14-26(28)37-4)18-23(32-33)29(35)31-22(17-27(30)34)16-15-21-11-8-7-9-12-21/h11,14-15,19,21-25,37H,7-10,12-13,16-18,20H2,1-6H3,(H,33,38)(H,34,39);10,13-14,18,21-24,36H,6-9,11-12,15-17,19-20H2,1-5H3,(H,32,37)(H,33,38);10,13-14,18,20-22H,5-9,11-12,15-17,19H2,1-4H3,(H2,30,34)(H,31,35)/t22?,24-,25?;23-,24?;22-/m000/s1. The van der Waals surface area contributed by atoms with Gasteiger partial charge in [-0.2, -0.15) is 15.3 Å². The molecule has 3 aromatic carbocycles. The van der Waals surface area contributed by atoms with Gasteiger partial charge in [0.05, 0.1) is 94.7 Å². The van der Waals surface area contributed by atoms with Crippen LogP contribution in [-0.2, 0) is 27.5 Å². The van der Waals surface area contributed by atoms with Crippen LogP contribution in [0.15, 0.2) is 72.8 Å². The lowest BCUT2D eigenvalue weighted by Crippen LogP contribution is -2.41. The predicted molar refractivity (Wildman–Crippen MR) is 464 cm³/mol. The van der Waals surface area contributed by atoms with E-state index in [9.17, 15) is 39.0 Å². The molecule has 6 aromatic rings. The van der Waals surface area contributed by atoms with Gasteiger partial charge in [0.2, 0.25) is 17.7 Å². The Kier molecular flexibility index (Phi) is 40.7. The average molecular weight is 1640 g/mol. The second-order valence-corrected chi connectivity index (χ2v) is 33.3. The number of benzene rings is 3. The third-order valence-corrected chi connectivity index (χ3v) is 23.8. The molecule has 0 saturated heterocycles. The van der Waals surface area contributed by atoms with Gasteiger partial charge in [-0.25, -0.2) is 0 Å². The van der Waals surface area contributed by atoms with Crippen LogP contribution in [0.2, 0.25) is 0 Å². The van der Waals surface area contributed by atoms with Crippen molar-refractivity contribution in [2.45, 2.75) is 292 Å². The van der Waals surface area contributed by atoms with Gasteiger partial charge in [-0.05, 0) is 148 Å². The molecule has 6 atom stereocenters. The number of nitrogens with two attached hydrogens (primary N) is 1. The minimum atomic E-state index is -0.577. The number of hydrogen-bond acceptors (Lipinski definition) is 17. The first-order chi connectivity index (χ1) is 56.8. The molecule has 3 aliphatic rings. The van der Waals surface area contributed by atoms with Crippen molar-refractivity contribution in [2.24, 2.45) is 41.2 Å². The fraction of sp³-hybridized carbons (Fsp3) is 0.641. The van der Waals surface area contributed by atoms with Crippen molar-refractivity contribution in [3.63, 3.8) is 0 Å². The van der Waals surface area contributed by atoms with Crippen molar-refractivity contribution in [3.8, 4) is 68.3 Å². The highest BCUT2D eigenvalue weighted by atomic mass is 16.5. The van der Waals surface area contributed by atoms with E-state index in [0.717, 1.165) is 85.1 Å². The molecule has 3 aromatic heterocycles. The summed E-state index contributed by atoms with van der Waals surface area (Å²) in [7, 11) is 9.68. The number of methoxy groups -OCH3 is 6. The minimum Gasteiger partial charge on any atom is -0.496 e. The van der Waals surface area contributed by atoms with Gasteiger partial charge < -0.3 is 71.0 Å². The molecule has 3 aliphatic carbocycles. The van der Waals surface area contributed by atoms with Crippen molar-refractivity contribution in [1.29, 1.82) is 0 Å². The van der Waals surface area contributed by atoms with Crippen molar-refractivity contribution in [1.82, 2.24) is 55.9 Å². The number of amides is 6. The Bertz CT molecular complexity index is 3990. The van der Waals surface area contributed by atoms with E-state index in [0.29, 0.717) is 95.7 Å². The molecule has 9 rings (SSSR count). The van der Waals surface area contributed by atoms with Gasteiger partial charge in [0.25, 0.3) is 17.7 Å². The van der Waals surface area contributed by atoms with Crippen LogP contribution in [0.1, 0.15) is 280 Å². The molecule has 0 radical (unpaired) electrons. The molecule has 26 nitrogen and oxygen atoms in total. The first-order valence-corrected chi connectivity index (χ1v) is 43.8. The lowest BCUT2D eigenvalue weighted by Gasteiger charge is -2.24.